The monoisotopic (exact) mass is 351 g/mol. The number of carbonyl (C=O) groups is 3. The maximum Gasteiger partial charge on any atom is 0.306 e. The van der Waals surface area contributed by atoms with Crippen LogP contribution in [0.2, 0.25) is 0 Å². The molecule has 8 nitrogen and oxygen atoms in total. The molecule has 0 amide bonds. The molecule has 4 atom stereocenters. The van der Waals surface area contributed by atoms with E-state index < -0.39 is 25.3 Å². The maximum atomic E-state index is 13.0. The number of carboxylic acids is 1. The Bertz CT molecular complexity index is 405. The molecule has 134 valence electrons. The lowest BCUT2D eigenvalue weighted by Crippen LogP contribution is -2.30. The molecule has 0 aromatic carbocycles. The molecule has 0 fully saturated rings. The van der Waals surface area contributed by atoms with E-state index in [4.69, 9.17) is 9.84 Å². The highest BCUT2D eigenvalue weighted by Gasteiger charge is 2.26. The van der Waals surface area contributed by atoms with Gasteiger partial charge in [-0.2, -0.15) is 0 Å². The number of ether oxygens (including phenoxy) is 2. The highest BCUT2D eigenvalue weighted by Crippen LogP contribution is 2.46. The van der Waals surface area contributed by atoms with Gasteiger partial charge >= 0.3 is 5.97 Å². The van der Waals surface area contributed by atoms with Crippen LogP contribution in [-0.2, 0) is 28.4 Å². The van der Waals surface area contributed by atoms with Crippen LogP contribution in [0.4, 0.5) is 0 Å². The Kier molecular flexibility index (Phi) is 10.5. The lowest BCUT2D eigenvalue weighted by atomic mass is 10.1. The molecular formula is C14H26NO7P. The van der Waals surface area contributed by atoms with E-state index >= 15 is 0 Å². The van der Waals surface area contributed by atoms with Gasteiger partial charge in [-0.1, -0.05) is 6.92 Å². The molecule has 0 bridgehead atoms. The van der Waals surface area contributed by atoms with Crippen molar-refractivity contribution in [2.24, 2.45) is 5.92 Å². The van der Waals surface area contributed by atoms with Crippen molar-refractivity contribution in [2.75, 3.05) is 18.6 Å². The van der Waals surface area contributed by atoms with Crippen molar-refractivity contribution in [1.29, 1.82) is 0 Å². The minimum atomic E-state index is -2.73. The molecule has 0 aromatic rings. The van der Waals surface area contributed by atoms with Gasteiger partial charge in [-0.3, -0.25) is 19.7 Å². The van der Waals surface area contributed by atoms with E-state index in [1.807, 2.05) is 0 Å². The Hall–Kier alpha value is -1.40. The Morgan fingerprint density at radius 1 is 1.13 bits per heavy atom. The topological polar surface area (TPSA) is 119 Å². The van der Waals surface area contributed by atoms with Gasteiger partial charge in [-0.15, -0.1) is 0 Å². The average Bonchev–Trinajstić information content (AvgIpc) is 2.49. The highest BCUT2D eigenvalue weighted by atomic mass is 31.2. The first-order valence-electron chi connectivity index (χ1n) is 7.45. The Balaban J connectivity index is 4.67. The summed E-state index contributed by atoms with van der Waals surface area (Å²) < 4.78 is 22.5. The summed E-state index contributed by atoms with van der Waals surface area (Å²) in [7, 11) is -2.73. The second kappa shape index (κ2) is 11.2. The molecule has 2 N–H and O–H groups in total. The summed E-state index contributed by atoms with van der Waals surface area (Å²) in [5.74, 6) is -1.52. The van der Waals surface area contributed by atoms with Gasteiger partial charge in [-0.05, 0) is 26.7 Å². The molecule has 0 heterocycles. The summed E-state index contributed by atoms with van der Waals surface area (Å²) >= 11 is 0. The van der Waals surface area contributed by atoms with E-state index in [2.05, 4.69) is 10.1 Å². The summed E-state index contributed by atoms with van der Waals surface area (Å²) in [6.07, 6.45) is 0.469. The third-order valence-electron chi connectivity index (χ3n) is 3.55. The van der Waals surface area contributed by atoms with E-state index in [9.17, 15) is 18.9 Å². The van der Waals surface area contributed by atoms with Crippen LogP contribution in [0.3, 0.4) is 0 Å². The van der Waals surface area contributed by atoms with Gasteiger partial charge in [0, 0.05) is 12.3 Å². The second-order valence-corrected chi connectivity index (χ2v) is 8.93. The van der Waals surface area contributed by atoms with Crippen molar-refractivity contribution in [2.45, 2.75) is 45.9 Å². The second-order valence-electron chi connectivity index (χ2n) is 5.60. The van der Waals surface area contributed by atoms with Crippen LogP contribution in [0.5, 0.6) is 0 Å². The molecule has 9 heteroatoms. The summed E-state index contributed by atoms with van der Waals surface area (Å²) in [6, 6.07) is 0. The summed E-state index contributed by atoms with van der Waals surface area (Å²) in [5, 5.41) is 11.8. The van der Waals surface area contributed by atoms with E-state index in [1.54, 1.807) is 20.8 Å². The molecule has 0 aliphatic rings. The Labute approximate surface area is 136 Å². The molecular weight excluding hydrogens is 325 g/mol. The van der Waals surface area contributed by atoms with Crippen molar-refractivity contribution in [3.05, 3.63) is 0 Å². The number of rotatable bonds is 14. The molecule has 0 saturated heterocycles. The molecule has 0 rings (SSSR count). The lowest BCUT2D eigenvalue weighted by Gasteiger charge is -2.23. The first-order valence-corrected chi connectivity index (χ1v) is 9.72. The SMILES string of the molecule is CC(CCP(=O)(CCC(C)C(=O)O)CNC(C)OC=O)OC=O. The van der Waals surface area contributed by atoms with Gasteiger partial charge in [-0.25, -0.2) is 0 Å². The first kappa shape index (κ1) is 21.6. The van der Waals surface area contributed by atoms with Crippen LogP contribution in [0.25, 0.3) is 0 Å². The first-order chi connectivity index (χ1) is 10.7. The van der Waals surface area contributed by atoms with Crippen LogP contribution in [0.1, 0.15) is 33.6 Å². The van der Waals surface area contributed by atoms with Crippen LogP contribution >= 0.6 is 7.14 Å². The van der Waals surface area contributed by atoms with Gasteiger partial charge in [0.05, 0.1) is 18.3 Å². The number of aliphatic carboxylic acids is 1. The van der Waals surface area contributed by atoms with Gasteiger partial charge in [0.2, 0.25) is 0 Å². The minimum absolute atomic E-state index is 0.127. The third-order valence-corrected chi connectivity index (χ3v) is 6.45. The fourth-order valence-corrected chi connectivity index (χ4v) is 4.65. The predicted molar refractivity (Wildman–Crippen MR) is 84.6 cm³/mol. The van der Waals surface area contributed by atoms with Gasteiger partial charge in [0.25, 0.3) is 12.9 Å². The van der Waals surface area contributed by atoms with Crippen LogP contribution in [0.15, 0.2) is 0 Å². The predicted octanol–water partition coefficient (Wildman–Crippen LogP) is 1.48. The summed E-state index contributed by atoms with van der Waals surface area (Å²) in [4.78, 5) is 31.5. The molecule has 0 saturated carbocycles. The highest BCUT2D eigenvalue weighted by molar-refractivity contribution is 7.63. The number of hydrogen-bond acceptors (Lipinski definition) is 7. The molecule has 4 unspecified atom stereocenters. The number of carbonyl (C=O) groups excluding carboxylic acids is 2. The maximum absolute atomic E-state index is 13.0. The van der Waals surface area contributed by atoms with Crippen molar-refractivity contribution in [1.82, 2.24) is 5.32 Å². The molecule has 0 aromatic heterocycles. The molecule has 0 spiro atoms. The van der Waals surface area contributed by atoms with Crippen molar-refractivity contribution >= 4 is 26.1 Å². The van der Waals surface area contributed by atoms with Gasteiger partial charge in [0.1, 0.15) is 7.14 Å². The van der Waals surface area contributed by atoms with E-state index in [-0.39, 0.29) is 18.6 Å². The van der Waals surface area contributed by atoms with Crippen molar-refractivity contribution in [3.8, 4) is 0 Å². The zero-order valence-corrected chi connectivity index (χ0v) is 14.7. The molecule has 0 radical (unpaired) electrons. The van der Waals surface area contributed by atoms with Gasteiger partial charge < -0.3 is 19.1 Å². The zero-order valence-electron chi connectivity index (χ0n) is 13.8. The standard InChI is InChI=1S/C14H26NO7P/c1-11(14(18)19)4-6-23(20,7-5-12(2)21-9-16)8-15-13(3)22-10-17/h9-13,15H,4-8H2,1-3H3,(H,18,19). The van der Waals surface area contributed by atoms with Gasteiger partial charge in [0.15, 0.2) is 6.23 Å². The van der Waals surface area contributed by atoms with Crippen LogP contribution < -0.4 is 5.32 Å². The quantitative estimate of drug-likeness (QED) is 0.274. The largest absolute Gasteiger partial charge is 0.481 e. The molecule has 0 aliphatic carbocycles. The van der Waals surface area contributed by atoms with E-state index in [1.165, 1.54) is 0 Å². The number of hydrogen-bond donors (Lipinski definition) is 2. The Morgan fingerprint density at radius 2 is 1.70 bits per heavy atom. The lowest BCUT2D eigenvalue weighted by molar-refractivity contribution is -0.141. The normalized spacial score (nSPS) is 17.3. The average molecular weight is 351 g/mol. The van der Waals surface area contributed by atoms with Crippen molar-refractivity contribution < 1.29 is 33.5 Å². The van der Waals surface area contributed by atoms with E-state index in [0.717, 1.165) is 0 Å². The van der Waals surface area contributed by atoms with Crippen LogP contribution in [0, 0.1) is 5.92 Å². The number of nitrogens with one attached hydrogen (secondary N) is 1. The molecule has 23 heavy (non-hydrogen) atoms. The summed E-state index contributed by atoms with van der Waals surface area (Å²) in [6.45, 7) is 5.52. The summed E-state index contributed by atoms with van der Waals surface area (Å²) in [5.41, 5.74) is 0. The fraction of sp³-hybridized carbons (Fsp3) is 0.786. The minimum Gasteiger partial charge on any atom is -0.481 e. The molecule has 0 aliphatic heterocycles. The van der Waals surface area contributed by atoms with Crippen LogP contribution in [-0.4, -0.2) is 55.0 Å². The Morgan fingerprint density at radius 3 is 2.22 bits per heavy atom. The number of carboxylic acid groups (broad SMARTS) is 1. The van der Waals surface area contributed by atoms with E-state index in [0.29, 0.717) is 31.9 Å². The van der Waals surface area contributed by atoms with Crippen molar-refractivity contribution in [3.63, 3.8) is 0 Å². The smallest absolute Gasteiger partial charge is 0.306 e. The zero-order chi connectivity index (χ0) is 17.9. The third kappa shape index (κ3) is 10.1. The fourth-order valence-electron chi connectivity index (χ4n) is 1.83.